The zero-order valence-electron chi connectivity index (χ0n) is 8.34. The van der Waals surface area contributed by atoms with Crippen LogP contribution in [0.5, 0.6) is 0 Å². The van der Waals surface area contributed by atoms with Gasteiger partial charge in [0, 0.05) is 16.7 Å². The topological polar surface area (TPSA) is 25.8 Å². The molecule has 0 unspecified atom stereocenters. The lowest BCUT2D eigenvalue weighted by atomic mass is 10.1. The molecule has 0 spiro atoms. The first kappa shape index (κ1) is 11.3. The summed E-state index contributed by atoms with van der Waals surface area (Å²) in [6.07, 6.45) is 0. The summed E-state index contributed by atoms with van der Waals surface area (Å²) in [6.45, 7) is 1.72. The van der Waals surface area contributed by atoms with E-state index in [2.05, 4.69) is 9.97 Å². The monoisotopic (exact) mass is 256 g/mol. The van der Waals surface area contributed by atoms with Crippen LogP contribution < -0.4 is 0 Å². The molecule has 82 valence electrons. The molecule has 0 saturated carbocycles. The van der Waals surface area contributed by atoms with Crippen LogP contribution in [0.1, 0.15) is 5.82 Å². The van der Waals surface area contributed by atoms with Gasteiger partial charge in [-0.25, -0.2) is 14.4 Å². The predicted molar refractivity (Wildman–Crippen MR) is 62.2 cm³/mol. The number of aryl methyl sites for hydroxylation is 1. The molecule has 0 bridgehead atoms. The Hall–Kier alpha value is -1.19. The molecular weight excluding hydrogens is 250 g/mol. The quantitative estimate of drug-likeness (QED) is 0.724. The van der Waals surface area contributed by atoms with Gasteiger partial charge >= 0.3 is 0 Å². The van der Waals surface area contributed by atoms with Gasteiger partial charge in [-0.05, 0) is 25.1 Å². The Bertz CT molecular complexity index is 454. The molecule has 0 aliphatic carbocycles. The highest BCUT2D eigenvalue weighted by Crippen LogP contribution is 2.24. The molecule has 0 fully saturated rings. The third kappa shape index (κ3) is 2.49. The SMILES string of the molecule is Cc1nc(Cl)cc(-c2cc(F)cc(Cl)c2)n1. The molecule has 1 aromatic heterocycles. The van der Waals surface area contributed by atoms with Crippen LogP contribution in [0, 0.1) is 12.7 Å². The number of hydrogen-bond donors (Lipinski definition) is 0. The number of rotatable bonds is 1. The average Bonchev–Trinajstić information content (AvgIpc) is 2.14. The van der Waals surface area contributed by atoms with Crippen molar-refractivity contribution in [1.82, 2.24) is 9.97 Å². The van der Waals surface area contributed by atoms with Gasteiger partial charge in [-0.2, -0.15) is 0 Å². The Labute approximate surface area is 102 Å². The molecule has 16 heavy (non-hydrogen) atoms. The predicted octanol–water partition coefficient (Wildman–Crippen LogP) is 3.90. The molecule has 1 aromatic carbocycles. The molecule has 2 nitrogen and oxygen atoms in total. The van der Waals surface area contributed by atoms with E-state index in [1.165, 1.54) is 12.1 Å². The Morgan fingerprint density at radius 3 is 2.44 bits per heavy atom. The Morgan fingerprint density at radius 2 is 1.81 bits per heavy atom. The van der Waals surface area contributed by atoms with Crippen molar-refractivity contribution in [3.63, 3.8) is 0 Å². The number of hydrogen-bond acceptors (Lipinski definition) is 2. The highest BCUT2D eigenvalue weighted by Gasteiger charge is 2.06. The van der Waals surface area contributed by atoms with Gasteiger partial charge in [0.25, 0.3) is 0 Å². The Balaban J connectivity index is 2.57. The number of benzene rings is 1. The third-order valence-corrected chi connectivity index (χ3v) is 2.38. The fourth-order valence-electron chi connectivity index (χ4n) is 1.38. The van der Waals surface area contributed by atoms with Crippen LogP contribution in [0.2, 0.25) is 10.2 Å². The standard InChI is InChI=1S/C11H7Cl2FN2/c1-6-15-10(5-11(13)16-6)7-2-8(12)4-9(14)3-7/h2-5H,1H3. The normalized spacial score (nSPS) is 10.5. The minimum absolute atomic E-state index is 0.322. The molecule has 2 rings (SSSR count). The lowest BCUT2D eigenvalue weighted by Gasteiger charge is -2.03. The van der Waals surface area contributed by atoms with Crippen molar-refractivity contribution in [1.29, 1.82) is 0 Å². The highest BCUT2D eigenvalue weighted by atomic mass is 35.5. The molecule has 0 N–H and O–H groups in total. The fourth-order valence-corrected chi connectivity index (χ4v) is 1.83. The Morgan fingerprint density at radius 1 is 1.06 bits per heavy atom. The van der Waals surface area contributed by atoms with Crippen molar-refractivity contribution in [2.24, 2.45) is 0 Å². The molecule has 5 heteroatoms. The average molecular weight is 257 g/mol. The number of halogens is 3. The minimum atomic E-state index is -0.408. The van der Waals surface area contributed by atoms with Crippen LogP contribution in [0.15, 0.2) is 24.3 Å². The van der Waals surface area contributed by atoms with Crippen molar-refractivity contribution < 1.29 is 4.39 Å². The largest absolute Gasteiger partial charge is 0.233 e. The van der Waals surface area contributed by atoms with E-state index >= 15 is 0 Å². The van der Waals surface area contributed by atoms with Crippen LogP contribution in [-0.2, 0) is 0 Å². The second-order valence-electron chi connectivity index (χ2n) is 3.28. The fraction of sp³-hybridized carbons (Fsp3) is 0.0909. The molecule has 0 radical (unpaired) electrons. The lowest BCUT2D eigenvalue weighted by Crippen LogP contribution is -1.92. The maximum Gasteiger partial charge on any atom is 0.133 e. The third-order valence-electron chi connectivity index (χ3n) is 1.97. The van der Waals surface area contributed by atoms with E-state index in [0.717, 1.165) is 0 Å². The van der Waals surface area contributed by atoms with E-state index in [4.69, 9.17) is 23.2 Å². The zero-order valence-corrected chi connectivity index (χ0v) is 9.85. The van der Waals surface area contributed by atoms with Gasteiger partial charge in [-0.3, -0.25) is 0 Å². The molecule has 1 heterocycles. The van der Waals surface area contributed by atoms with Crippen molar-refractivity contribution in [3.8, 4) is 11.3 Å². The molecule has 0 saturated heterocycles. The summed E-state index contributed by atoms with van der Waals surface area (Å²) < 4.78 is 13.2. The van der Waals surface area contributed by atoms with E-state index in [0.29, 0.717) is 27.3 Å². The van der Waals surface area contributed by atoms with Gasteiger partial charge in [-0.15, -0.1) is 0 Å². The summed E-state index contributed by atoms with van der Waals surface area (Å²) in [5.74, 6) is 0.123. The first-order valence-corrected chi connectivity index (χ1v) is 5.28. The highest BCUT2D eigenvalue weighted by molar-refractivity contribution is 6.31. The van der Waals surface area contributed by atoms with Gasteiger partial charge in [-0.1, -0.05) is 23.2 Å². The van der Waals surface area contributed by atoms with E-state index in [1.54, 1.807) is 19.1 Å². The summed E-state index contributed by atoms with van der Waals surface area (Å²) >= 11 is 11.6. The van der Waals surface area contributed by atoms with E-state index in [-0.39, 0.29) is 0 Å². The summed E-state index contributed by atoms with van der Waals surface area (Å²) in [4.78, 5) is 8.10. The van der Waals surface area contributed by atoms with E-state index in [1.807, 2.05) is 0 Å². The van der Waals surface area contributed by atoms with Gasteiger partial charge < -0.3 is 0 Å². The summed E-state index contributed by atoms with van der Waals surface area (Å²) in [6, 6.07) is 5.78. The van der Waals surface area contributed by atoms with Crippen molar-refractivity contribution in [3.05, 3.63) is 46.1 Å². The molecule has 0 amide bonds. The zero-order chi connectivity index (χ0) is 11.7. The number of aromatic nitrogens is 2. The first-order chi connectivity index (χ1) is 7.54. The summed E-state index contributed by atoms with van der Waals surface area (Å²) in [7, 11) is 0. The second-order valence-corrected chi connectivity index (χ2v) is 4.10. The molecule has 0 atom stereocenters. The van der Waals surface area contributed by atoms with Gasteiger partial charge in [0.2, 0.25) is 0 Å². The van der Waals surface area contributed by atoms with Crippen LogP contribution in [0.25, 0.3) is 11.3 Å². The number of nitrogens with zero attached hydrogens (tertiary/aromatic N) is 2. The van der Waals surface area contributed by atoms with Crippen LogP contribution in [0.4, 0.5) is 4.39 Å². The molecular formula is C11H7Cl2FN2. The van der Waals surface area contributed by atoms with E-state index < -0.39 is 5.82 Å². The van der Waals surface area contributed by atoms with Crippen LogP contribution in [-0.4, -0.2) is 9.97 Å². The molecule has 0 aliphatic rings. The van der Waals surface area contributed by atoms with Crippen LogP contribution >= 0.6 is 23.2 Å². The van der Waals surface area contributed by atoms with Crippen molar-refractivity contribution in [2.75, 3.05) is 0 Å². The first-order valence-electron chi connectivity index (χ1n) is 4.52. The van der Waals surface area contributed by atoms with Crippen LogP contribution in [0.3, 0.4) is 0 Å². The lowest BCUT2D eigenvalue weighted by molar-refractivity contribution is 0.628. The maximum atomic E-state index is 13.2. The Kier molecular flexibility index (Phi) is 3.08. The van der Waals surface area contributed by atoms with Gasteiger partial charge in [0.15, 0.2) is 0 Å². The van der Waals surface area contributed by atoms with Gasteiger partial charge in [0.05, 0.1) is 5.69 Å². The minimum Gasteiger partial charge on any atom is -0.233 e. The maximum absolute atomic E-state index is 13.2. The summed E-state index contributed by atoms with van der Waals surface area (Å²) in [5.41, 5.74) is 1.14. The van der Waals surface area contributed by atoms with Crippen molar-refractivity contribution >= 4 is 23.2 Å². The molecule has 2 aromatic rings. The van der Waals surface area contributed by atoms with E-state index in [9.17, 15) is 4.39 Å². The van der Waals surface area contributed by atoms with Crippen molar-refractivity contribution in [2.45, 2.75) is 6.92 Å². The molecule has 0 aliphatic heterocycles. The summed E-state index contributed by atoms with van der Waals surface area (Å²) in [5, 5.41) is 0.644. The van der Waals surface area contributed by atoms with Gasteiger partial charge in [0.1, 0.15) is 16.8 Å². The second kappa shape index (κ2) is 4.36. The smallest absolute Gasteiger partial charge is 0.133 e.